The molecule has 4 rings (SSSR count). The first-order chi connectivity index (χ1) is 12.6. The number of imidazole rings is 1. The van der Waals surface area contributed by atoms with Gasteiger partial charge < -0.3 is 20.4 Å². The molecular formula is C19H24N4O3. The highest BCUT2D eigenvalue weighted by Gasteiger charge is 2.40. The average molecular weight is 356 g/mol. The fourth-order valence-corrected chi connectivity index (χ4v) is 4.45. The van der Waals surface area contributed by atoms with E-state index in [1.54, 1.807) is 19.5 Å². The number of carbonyl (C=O) groups excluding carboxylic acids is 2. The molecule has 3 N–H and O–H groups in total. The molecule has 2 aliphatic rings. The van der Waals surface area contributed by atoms with Crippen molar-refractivity contribution in [2.45, 2.75) is 37.8 Å². The minimum atomic E-state index is -0.0828. The standard InChI is InChI=1S/C19H24N4O3/c1-26-9-12-7-18(24)23-16-8-13(3-4-14(12)16)22-19(25)11-2-5-15-17(6-11)21-10-20-15/h2,5-6,10,12-14,16H,3-4,7-9H2,1H3,(H,20,21)(H,22,25)(H,23,24). The number of nitrogens with zero attached hydrogens (tertiary/aromatic N) is 1. The maximum atomic E-state index is 12.6. The molecule has 1 aromatic carbocycles. The van der Waals surface area contributed by atoms with Crippen LogP contribution in [0, 0.1) is 11.8 Å². The highest BCUT2D eigenvalue weighted by molar-refractivity contribution is 5.97. The molecule has 1 saturated heterocycles. The van der Waals surface area contributed by atoms with Crippen LogP contribution in [0.3, 0.4) is 0 Å². The van der Waals surface area contributed by atoms with Gasteiger partial charge in [-0.3, -0.25) is 9.59 Å². The number of carbonyl (C=O) groups is 2. The van der Waals surface area contributed by atoms with Gasteiger partial charge >= 0.3 is 0 Å². The van der Waals surface area contributed by atoms with E-state index in [-0.39, 0.29) is 29.8 Å². The molecule has 1 aliphatic carbocycles. The highest BCUT2D eigenvalue weighted by Crippen LogP contribution is 2.35. The maximum absolute atomic E-state index is 12.6. The van der Waals surface area contributed by atoms with Crippen LogP contribution in [0.1, 0.15) is 36.0 Å². The number of methoxy groups -OCH3 is 1. The van der Waals surface area contributed by atoms with Crippen LogP contribution < -0.4 is 10.6 Å². The summed E-state index contributed by atoms with van der Waals surface area (Å²) in [4.78, 5) is 31.8. The Bertz CT molecular complexity index is 818. The van der Waals surface area contributed by atoms with E-state index in [0.717, 1.165) is 30.3 Å². The summed E-state index contributed by atoms with van der Waals surface area (Å²) in [6.45, 7) is 0.621. The summed E-state index contributed by atoms with van der Waals surface area (Å²) in [6, 6.07) is 5.64. The van der Waals surface area contributed by atoms with Gasteiger partial charge in [-0.25, -0.2) is 4.98 Å². The second kappa shape index (κ2) is 7.07. The van der Waals surface area contributed by atoms with E-state index in [1.165, 1.54) is 0 Å². The van der Waals surface area contributed by atoms with Crippen LogP contribution in [0.15, 0.2) is 24.5 Å². The van der Waals surface area contributed by atoms with Crippen LogP contribution in [0.2, 0.25) is 0 Å². The summed E-state index contributed by atoms with van der Waals surface area (Å²) >= 11 is 0. The molecule has 0 radical (unpaired) electrons. The number of nitrogens with one attached hydrogen (secondary N) is 3. The number of aromatic amines is 1. The van der Waals surface area contributed by atoms with Crippen molar-refractivity contribution in [1.29, 1.82) is 0 Å². The Morgan fingerprint density at radius 1 is 1.38 bits per heavy atom. The number of rotatable bonds is 4. The summed E-state index contributed by atoms with van der Waals surface area (Å²) < 4.78 is 5.30. The third-order valence-corrected chi connectivity index (χ3v) is 5.70. The third kappa shape index (κ3) is 3.31. The van der Waals surface area contributed by atoms with E-state index in [0.29, 0.717) is 24.5 Å². The number of hydrogen-bond donors (Lipinski definition) is 3. The molecule has 138 valence electrons. The van der Waals surface area contributed by atoms with E-state index in [1.807, 2.05) is 12.1 Å². The number of fused-ring (bicyclic) bond motifs is 2. The van der Waals surface area contributed by atoms with Gasteiger partial charge in [0.1, 0.15) is 0 Å². The molecule has 0 spiro atoms. The number of ether oxygens (including phenoxy) is 1. The molecule has 7 nitrogen and oxygen atoms in total. The van der Waals surface area contributed by atoms with E-state index >= 15 is 0 Å². The second-order valence-electron chi connectivity index (χ2n) is 7.38. The summed E-state index contributed by atoms with van der Waals surface area (Å²) in [7, 11) is 1.68. The molecule has 2 heterocycles. The van der Waals surface area contributed by atoms with Crippen molar-refractivity contribution >= 4 is 22.8 Å². The number of amides is 2. The van der Waals surface area contributed by atoms with Gasteiger partial charge in [-0.15, -0.1) is 0 Å². The number of hydrogen-bond acceptors (Lipinski definition) is 4. The second-order valence-corrected chi connectivity index (χ2v) is 7.38. The quantitative estimate of drug-likeness (QED) is 0.775. The van der Waals surface area contributed by atoms with Gasteiger partial charge in [-0.2, -0.15) is 0 Å². The van der Waals surface area contributed by atoms with Crippen LogP contribution in [0.4, 0.5) is 0 Å². The van der Waals surface area contributed by atoms with Crippen molar-refractivity contribution < 1.29 is 14.3 Å². The smallest absolute Gasteiger partial charge is 0.251 e. The predicted octanol–water partition coefficient (Wildman–Crippen LogP) is 1.61. The molecule has 1 aliphatic heterocycles. The lowest BCUT2D eigenvalue weighted by molar-refractivity contribution is -0.128. The van der Waals surface area contributed by atoms with Crippen molar-refractivity contribution in [2.75, 3.05) is 13.7 Å². The zero-order valence-corrected chi connectivity index (χ0v) is 14.8. The molecule has 26 heavy (non-hydrogen) atoms. The fourth-order valence-electron chi connectivity index (χ4n) is 4.45. The lowest BCUT2D eigenvalue weighted by Crippen LogP contribution is -2.56. The summed E-state index contributed by atoms with van der Waals surface area (Å²) in [5.41, 5.74) is 2.31. The summed E-state index contributed by atoms with van der Waals surface area (Å²) in [5.74, 6) is 0.714. The molecule has 4 unspecified atom stereocenters. The van der Waals surface area contributed by atoms with Crippen molar-refractivity contribution in [1.82, 2.24) is 20.6 Å². The largest absolute Gasteiger partial charge is 0.384 e. The Balaban J connectivity index is 1.41. The van der Waals surface area contributed by atoms with E-state index < -0.39 is 0 Å². The Kier molecular flexibility index (Phi) is 4.63. The SMILES string of the molecule is COCC1CC(=O)NC2CC(NC(=O)c3ccc4nc[nH]c4c3)CCC12. The van der Waals surface area contributed by atoms with Gasteiger partial charge in [0, 0.05) is 37.8 Å². The van der Waals surface area contributed by atoms with Crippen molar-refractivity contribution in [3.8, 4) is 0 Å². The van der Waals surface area contributed by atoms with Crippen LogP contribution >= 0.6 is 0 Å². The average Bonchev–Trinajstić information content (AvgIpc) is 3.09. The van der Waals surface area contributed by atoms with Gasteiger partial charge in [-0.1, -0.05) is 0 Å². The monoisotopic (exact) mass is 356 g/mol. The lowest BCUT2D eigenvalue weighted by atomic mass is 9.71. The first-order valence-electron chi connectivity index (χ1n) is 9.16. The number of piperidine rings is 1. The minimum absolute atomic E-state index is 0.0720. The van der Waals surface area contributed by atoms with E-state index in [2.05, 4.69) is 20.6 Å². The van der Waals surface area contributed by atoms with Crippen molar-refractivity contribution in [2.24, 2.45) is 11.8 Å². The van der Waals surface area contributed by atoms with E-state index in [4.69, 9.17) is 4.74 Å². The van der Waals surface area contributed by atoms with Crippen LogP contribution in [0.25, 0.3) is 11.0 Å². The van der Waals surface area contributed by atoms with E-state index in [9.17, 15) is 9.59 Å². The van der Waals surface area contributed by atoms with Crippen LogP contribution in [-0.2, 0) is 9.53 Å². The summed E-state index contributed by atoms with van der Waals surface area (Å²) in [5, 5.41) is 6.24. The molecule has 2 amide bonds. The molecule has 2 fully saturated rings. The molecule has 7 heteroatoms. The topological polar surface area (TPSA) is 96.1 Å². The van der Waals surface area contributed by atoms with Crippen molar-refractivity contribution in [3.05, 3.63) is 30.1 Å². The molecule has 1 aromatic heterocycles. The third-order valence-electron chi connectivity index (χ3n) is 5.70. The Morgan fingerprint density at radius 2 is 2.27 bits per heavy atom. The molecule has 4 atom stereocenters. The zero-order chi connectivity index (χ0) is 18.1. The fraction of sp³-hybridized carbons (Fsp3) is 0.526. The first-order valence-corrected chi connectivity index (χ1v) is 9.16. The zero-order valence-electron chi connectivity index (χ0n) is 14.8. The van der Waals surface area contributed by atoms with Gasteiger partial charge in [0.15, 0.2) is 0 Å². The number of aromatic nitrogens is 2. The summed E-state index contributed by atoms with van der Waals surface area (Å²) in [6.07, 6.45) is 4.85. The van der Waals surface area contributed by atoms with Gasteiger partial charge in [-0.05, 0) is 49.3 Å². The van der Waals surface area contributed by atoms with Crippen LogP contribution in [0.5, 0.6) is 0 Å². The Hall–Kier alpha value is -2.41. The van der Waals surface area contributed by atoms with Gasteiger partial charge in [0.25, 0.3) is 5.91 Å². The number of H-pyrrole nitrogens is 1. The van der Waals surface area contributed by atoms with Crippen molar-refractivity contribution in [3.63, 3.8) is 0 Å². The molecule has 1 saturated carbocycles. The number of benzene rings is 1. The normalized spacial score (nSPS) is 28.4. The van der Waals surface area contributed by atoms with Gasteiger partial charge in [0.05, 0.1) is 17.4 Å². The highest BCUT2D eigenvalue weighted by atomic mass is 16.5. The van der Waals surface area contributed by atoms with Gasteiger partial charge in [0.2, 0.25) is 5.91 Å². The Morgan fingerprint density at radius 3 is 3.12 bits per heavy atom. The first kappa shape index (κ1) is 17.0. The minimum Gasteiger partial charge on any atom is -0.384 e. The molecule has 2 aromatic rings. The predicted molar refractivity (Wildman–Crippen MR) is 96.6 cm³/mol. The Labute approximate surface area is 151 Å². The molecule has 0 bridgehead atoms. The maximum Gasteiger partial charge on any atom is 0.251 e. The molecular weight excluding hydrogens is 332 g/mol. The van der Waals surface area contributed by atoms with Crippen LogP contribution in [-0.4, -0.2) is 47.6 Å². The lowest BCUT2D eigenvalue weighted by Gasteiger charge is -2.43.